The van der Waals surface area contributed by atoms with E-state index in [4.69, 9.17) is 34.8 Å². The van der Waals surface area contributed by atoms with E-state index >= 15 is 0 Å². The third-order valence-electron chi connectivity index (χ3n) is 3.90. The van der Waals surface area contributed by atoms with E-state index in [1.807, 2.05) is 12.1 Å². The average molecular weight is 465 g/mol. The normalized spacial score (nSPS) is 11.0. The van der Waals surface area contributed by atoms with E-state index in [1.54, 1.807) is 47.0 Å². The molecule has 0 atom stereocenters. The molecule has 29 heavy (non-hydrogen) atoms. The smallest absolute Gasteiger partial charge is 0.234 e. The van der Waals surface area contributed by atoms with Gasteiger partial charge in [-0.2, -0.15) is 9.61 Å². The monoisotopic (exact) mass is 463 g/mol. The molecule has 10 heteroatoms. The van der Waals surface area contributed by atoms with Crippen molar-refractivity contribution >= 4 is 63.8 Å². The van der Waals surface area contributed by atoms with Gasteiger partial charge in [-0.3, -0.25) is 4.79 Å². The van der Waals surface area contributed by atoms with Gasteiger partial charge in [-0.05, 0) is 54.6 Å². The van der Waals surface area contributed by atoms with Gasteiger partial charge in [0.05, 0.1) is 15.8 Å². The number of amides is 1. The van der Waals surface area contributed by atoms with Crippen molar-refractivity contribution in [1.29, 1.82) is 0 Å². The van der Waals surface area contributed by atoms with E-state index in [0.29, 0.717) is 37.3 Å². The van der Waals surface area contributed by atoms with Crippen molar-refractivity contribution in [3.05, 3.63) is 69.7 Å². The number of aromatic nitrogens is 4. The molecule has 0 aliphatic rings. The van der Waals surface area contributed by atoms with Crippen LogP contribution in [0.25, 0.3) is 17.0 Å². The summed E-state index contributed by atoms with van der Waals surface area (Å²) in [4.78, 5) is 12.2. The predicted molar refractivity (Wildman–Crippen MR) is 117 cm³/mol. The van der Waals surface area contributed by atoms with Crippen molar-refractivity contribution < 1.29 is 4.79 Å². The van der Waals surface area contributed by atoms with E-state index in [9.17, 15) is 4.79 Å². The molecule has 0 aliphatic heterocycles. The molecule has 0 unspecified atom stereocenters. The van der Waals surface area contributed by atoms with Crippen LogP contribution in [0.1, 0.15) is 0 Å². The first-order valence-corrected chi connectivity index (χ1v) is 10.5. The number of carbonyl (C=O) groups is 1. The Morgan fingerprint density at radius 1 is 0.966 bits per heavy atom. The summed E-state index contributed by atoms with van der Waals surface area (Å²) < 4.78 is 1.64. The summed E-state index contributed by atoms with van der Waals surface area (Å²) in [7, 11) is 0. The van der Waals surface area contributed by atoms with Gasteiger partial charge < -0.3 is 5.32 Å². The van der Waals surface area contributed by atoms with Crippen LogP contribution in [0, 0.1) is 0 Å². The second kappa shape index (κ2) is 8.59. The van der Waals surface area contributed by atoms with Gasteiger partial charge in [-0.15, -0.1) is 10.2 Å². The van der Waals surface area contributed by atoms with E-state index in [1.165, 1.54) is 11.8 Å². The maximum absolute atomic E-state index is 12.2. The molecule has 2 aromatic carbocycles. The highest BCUT2D eigenvalue weighted by Crippen LogP contribution is 2.26. The lowest BCUT2D eigenvalue weighted by atomic mass is 10.2. The van der Waals surface area contributed by atoms with Gasteiger partial charge in [0, 0.05) is 16.3 Å². The third kappa shape index (κ3) is 4.64. The Hall–Kier alpha value is -2.32. The number of rotatable bonds is 5. The van der Waals surface area contributed by atoms with Gasteiger partial charge >= 0.3 is 0 Å². The highest BCUT2D eigenvalue weighted by molar-refractivity contribution is 7.99. The standard InChI is InChI=1S/C19H12Cl3N5OS/c20-12-3-1-11(2-4-12)19-25-24-16-7-8-18(26-27(16)19)29-10-17(28)23-13-5-6-14(21)15(22)9-13/h1-9H,10H2,(H,23,28). The van der Waals surface area contributed by atoms with Gasteiger partial charge in [0.1, 0.15) is 5.03 Å². The number of thioether (sulfide) groups is 1. The van der Waals surface area contributed by atoms with Crippen molar-refractivity contribution in [1.82, 2.24) is 19.8 Å². The molecule has 0 saturated heterocycles. The summed E-state index contributed by atoms with van der Waals surface area (Å²) >= 11 is 19.1. The molecule has 2 aromatic heterocycles. The number of carbonyl (C=O) groups excluding carboxylic acids is 1. The fourth-order valence-electron chi connectivity index (χ4n) is 2.54. The van der Waals surface area contributed by atoms with Crippen LogP contribution >= 0.6 is 46.6 Å². The predicted octanol–water partition coefficient (Wildman–Crippen LogP) is 5.48. The Bertz CT molecular complexity index is 1200. The van der Waals surface area contributed by atoms with Crippen LogP contribution in [-0.2, 0) is 4.79 Å². The van der Waals surface area contributed by atoms with Crippen molar-refractivity contribution in [2.45, 2.75) is 5.03 Å². The van der Waals surface area contributed by atoms with E-state index in [0.717, 1.165) is 5.56 Å². The Labute approximate surface area is 185 Å². The van der Waals surface area contributed by atoms with Crippen molar-refractivity contribution in [2.24, 2.45) is 0 Å². The topological polar surface area (TPSA) is 72.2 Å². The molecule has 0 bridgehead atoms. The van der Waals surface area contributed by atoms with Gasteiger partial charge in [0.15, 0.2) is 11.5 Å². The first kappa shape index (κ1) is 20.0. The summed E-state index contributed by atoms with van der Waals surface area (Å²) in [5.41, 5.74) is 2.03. The van der Waals surface area contributed by atoms with Crippen LogP contribution in [0.5, 0.6) is 0 Å². The van der Waals surface area contributed by atoms with E-state index in [-0.39, 0.29) is 11.7 Å². The summed E-state index contributed by atoms with van der Waals surface area (Å²) in [5.74, 6) is 0.591. The largest absolute Gasteiger partial charge is 0.325 e. The number of anilines is 1. The zero-order chi connectivity index (χ0) is 20.4. The maximum Gasteiger partial charge on any atom is 0.234 e. The molecular weight excluding hydrogens is 453 g/mol. The zero-order valence-corrected chi connectivity index (χ0v) is 17.7. The minimum atomic E-state index is -0.183. The molecule has 6 nitrogen and oxygen atoms in total. The number of benzene rings is 2. The van der Waals surface area contributed by atoms with Crippen molar-refractivity contribution in [3.63, 3.8) is 0 Å². The highest BCUT2D eigenvalue weighted by Gasteiger charge is 2.12. The first-order chi connectivity index (χ1) is 14.0. The minimum Gasteiger partial charge on any atom is -0.325 e. The van der Waals surface area contributed by atoms with Crippen molar-refractivity contribution in [3.8, 4) is 11.4 Å². The molecule has 0 saturated carbocycles. The minimum absolute atomic E-state index is 0.178. The Morgan fingerprint density at radius 2 is 1.76 bits per heavy atom. The Balaban J connectivity index is 1.48. The van der Waals surface area contributed by atoms with Gasteiger partial charge in [0.25, 0.3) is 0 Å². The number of halogens is 3. The van der Waals surface area contributed by atoms with Crippen LogP contribution in [0.3, 0.4) is 0 Å². The van der Waals surface area contributed by atoms with Crippen LogP contribution < -0.4 is 5.32 Å². The quantitative estimate of drug-likeness (QED) is 0.396. The van der Waals surface area contributed by atoms with Crippen LogP contribution in [0.4, 0.5) is 5.69 Å². The molecular formula is C19H12Cl3N5OS. The molecule has 0 fully saturated rings. The van der Waals surface area contributed by atoms with E-state index in [2.05, 4.69) is 20.6 Å². The third-order valence-corrected chi connectivity index (χ3v) is 5.81. The van der Waals surface area contributed by atoms with Gasteiger partial charge in [0.2, 0.25) is 5.91 Å². The fraction of sp³-hybridized carbons (Fsp3) is 0.0526. The van der Waals surface area contributed by atoms with Gasteiger partial charge in [-0.25, -0.2) is 0 Å². The Morgan fingerprint density at radius 3 is 2.52 bits per heavy atom. The number of nitrogens with zero attached hydrogens (tertiary/aromatic N) is 4. The molecule has 0 aliphatic carbocycles. The number of hydrogen-bond acceptors (Lipinski definition) is 5. The molecule has 4 aromatic rings. The van der Waals surface area contributed by atoms with Crippen LogP contribution in [0.15, 0.2) is 59.6 Å². The second-order valence-electron chi connectivity index (χ2n) is 5.94. The van der Waals surface area contributed by atoms with Crippen LogP contribution in [-0.4, -0.2) is 31.5 Å². The second-order valence-corrected chi connectivity index (χ2v) is 8.18. The highest BCUT2D eigenvalue weighted by atomic mass is 35.5. The summed E-state index contributed by atoms with van der Waals surface area (Å²) in [6.07, 6.45) is 0. The molecule has 2 heterocycles. The molecule has 0 spiro atoms. The first-order valence-electron chi connectivity index (χ1n) is 8.36. The SMILES string of the molecule is O=C(CSc1ccc2nnc(-c3ccc(Cl)cc3)n2n1)Nc1ccc(Cl)c(Cl)c1. The molecule has 0 radical (unpaired) electrons. The van der Waals surface area contributed by atoms with Gasteiger partial charge in [-0.1, -0.05) is 46.6 Å². The van der Waals surface area contributed by atoms with Crippen LogP contribution in [0.2, 0.25) is 15.1 Å². The molecule has 1 N–H and O–H groups in total. The van der Waals surface area contributed by atoms with Crippen molar-refractivity contribution in [2.75, 3.05) is 11.1 Å². The zero-order valence-electron chi connectivity index (χ0n) is 14.6. The fourth-order valence-corrected chi connectivity index (χ4v) is 3.62. The van der Waals surface area contributed by atoms with E-state index < -0.39 is 0 Å². The maximum atomic E-state index is 12.2. The molecule has 1 amide bonds. The lowest BCUT2D eigenvalue weighted by Crippen LogP contribution is -2.14. The lowest BCUT2D eigenvalue weighted by molar-refractivity contribution is -0.113. The Kier molecular flexibility index (Phi) is 5.91. The summed E-state index contributed by atoms with van der Waals surface area (Å²) in [5, 5.41) is 17.8. The summed E-state index contributed by atoms with van der Waals surface area (Å²) in [6, 6.07) is 15.8. The molecule has 146 valence electrons. The summed E-state index contributed by atoms with van der Waals surface area (Å²) in [6.45, 7) is 0. The average Bonchev–Trinajstić information content (AvgIpc) is 3.13. The number of hydrogen-bond donors (Lipinski definition) is 1. The molecule has 4 rings (SSSR count). The number of fused-ring (bicyclic) bond motifs is 1. The lowest BCUT2D eigenvalue weighted by Gasteiger charge is -2.06. The number of nitrogens with one attached hydrogen (secondary N) is 1.